The van der Waals surface area contributed by atoms with Crippen LogP contribution in [0.1, 0.15) is 15.9 Å². The van der Waals surface area contributed by atoms with Crippen molar-refractivity contribution in [3.8, 4) is 5.75 Å². The van der Waals surface area contributed by atoms with Crippen molar-refractivity contribution in [2.75, 3.05) is 0 Å². The van der Waals surface area contributed by atoms with E-state index in [1.807, 2.05) is 0 Å². The van der Waals surface area contributed by atoms with Crippen molar-refractivity contribution in [1.82, 2.24) is 10.4 Å². The van der Waals surface area contributed by atoms with Crippen LogP contribution in [0.4, 0.5) is 5.69 Å². The molecule has 0 fully saturated rings. The van der Waals surface area contributed by atoms with E-state index >= 15 is 0 Å². The summed E-state index contributed by atoms with van der Waals surface area (Å²) in [6.45, 7) is 0. The van der Waals surface area contributed by atoms with Crippen molar-refractivity contribution in [2.45, 2.75) is 4.90 Å². The Kier molecular flexibility index (Phi) is 6.13. The number of nitro benzene ring substituents is 1. The van der Waals surface area contributed by atoms with Crippen molar-refractivity contribution in [3.05, 3.63) is 94.3 Å². The van der Waals surface area contributed by atoms with Gasteiger partial charge in [0.25, 0.3) is 11.6 Å². The third kappa shape index (κ3) is 5.02. The van der Waals surface area contributed by atoms with Crippen molar-refractivity contribution < 1.29 is 22.3 Å². The molecule has 0 saturated heterocycles. The number of nitro groups is 1. The van der Waals surface area contributed by atoms with Crippen molar-refractivity contribution in [1.29, 1.82) is 0 Å². The molecule has 30 heavy (non-hydrogen) atoms. The van der Waals surface area contributed by atoms with Gasteiger partial charge in [0.05, 0.1) is 11.1 Å². The third-order valence-corrected chi connectivity index (χ3v) is 5.04. The largest absolute Gasteiger partial charge is 0.379 e. The lowest BCUT2D eigenvalue weighted by atomic mass is 10.2. The quantitative estimate of drug-likeness (QED) is 0.265. The monoisotopic (exact) mass is 426 g/mol. The van der Waals surface area contributed by atoms with Gasteiger partial charge < -0.3 is 4.18 Å². The summed E-state index contributed by atoms with van der Waals surface area (Å²) in [4.78, 5) is 25.4. The van der Waals surface area contributed by atoms with E-state index in [0.29, 0.717) is 11.1 Å². The normalized spacial score (nSPS) is 11.2. The summed E-state index contributed by atoms with van der Waals surface area (Å²) in [5.74, 6) is -0.449. The fourth-order valence-corrected chi connectivity index (χ4v) is 3.43. The van der Waals surface area contributed by atoms with Crippen LogP contribution >= 0.6 is 0 Å². The molecule has 0 atom stereocenters. The van der Waals surface area contributed by atoms with E-state index in [-0.39, 0.29) is 5.75 Å². The second-order valence-electron chi connectivity index (χ2n) is 5.77. The van der Waals surface area contributed by atoms with E-state index in [1.165, 1.54) is 67.1 Å². The number of nitrogens with one attached hydrogen (secondary N) is 1. The van der Waals surface area contributed by atoms with Crippen LogP contribution in [0.5, 0.6) is 5.75 Å². The van der Waals surface area contributed by atoms with Gasteiger partial charge in [0, 0.05) is 24.0 Å². The predicted octanol–water partition coefficient (Wildman–Crippen LogP) is 2.52. The minimum Gasteiger partial charge on any atom is -0.379 e. The van der Waals surface area contributed by atoms with Crippen LogP contribution in [0.15, 0.2) is 83.1 Å². The van der Waals surface area contributed by atoms with E-state index in [4.69, 9.17) is 4.18 Å². The average molecular weight is 426 g/mol. The number of para-hydroxylation sites is 1. The molecule has 0 bridgehead atoms. The summed E-state index contributed by atoms with van der Waals surface area (Å²) < 4.78 is 29.8. The van der Waals surface area contributed by atoms with E-state index in [0.717, 1.165) is 12.1 Å². The fourth-order valence-electron chi connectivity index (χ4n) is 2.33. The molecule has 1 amide bonds. The molecule has 0 spiro atoms. The van der Waals surface area contributed by atoms with Crippen LogP contribution in [0.2, 0.25) is 0 Å². The van der Waals surface area contributed by atoms with Crippen LogP contribution < -0.4 is 9.61 Å². The topological polar surface area (TPSA) is 141 Å². The maximum Gasteiger partial charge on any atom is 0.346 e. The summed E-state index contributed by atoms with van der Waals surface area (Å²) in [6, 6.07) is 13.7. The Morgan fingerprint density at radius 3 is 2.40 bits per heavy atom. The Hall–Kier alpha value is -4.12. The Bertz CT molecular complexity index is 1200. The van der Waals surface area contributed by atoms with Gasteiger partial charge >= 0.3 is 10.1 Å². The zero-order valence-corrected chi connectivity index (χ0v) is 16.0. The number of aromatic nitrogens is 1. The molecule has 1 heterocycles. The zero-order valence-electron chi connectivity index (χ0n) is 15.2. The molecule has 152 valence electrons. The number of carbonyl (C=O) groups is 1. The molecular formula is C19H14N4O6S. The summed E-state index contributed by atoms with van der Waals surface area (Å²) in [7, 11) is -4.40. The first-order valence-corrected chi connectivity index (χ1v) is 9.79. The first kappa shape index (κ1) is 20.6. The van der Waals surface area contributed by atoms with Crippen LogP contribution in [0, 0.1) is 10.1 Å². The maximum atomic E-state index is 12.4. The lowest BCUT2D eigenvalue weighted by Crippen LogP contribution is -2.17. The van der Waals surface area contributed by atoms with Gasteiger partial charge in [0.15, 0.2) is 4.90 Å². The van der Waals surface area contributed by atoms with Crippen LogP contribution in [-0.4, -0.2) is 30.4 Å². The molecule has 1 aromatic heterocycles. The van der Waals surface area contributed by atoms with Gasteiger partial charge in [-0.15, -0.1) is 0 Å². The lowest BCUT2D eigenvalue weighted by molar-refractivity contribution is -0.387. The Morgan fingerprint density at radius 2 is 1.73 bits per heavy atom. The van der Waals surface area contributed by atoms with Crippen molar-refractivity contribution >= 4 is 27.9 Å². The van der Waals surface area contributed by atoms with Gasteiger partial charge in [0.1, 0.15) is 5.75 Å². The second kappa shape index (κ2) is 8.92. The molecule has 1 N–H and O–H groups in total. The molecule has 2 aromatic carbocycles. The SMILES string of the molecule is O=C(N/N=C\c1ccc(OS(=O)(=O)c2ccccc2[N+](=O)[O-])cc1)c1ccncc1. The molecule has 0 aliphatic carbocycles. The Morgan fingerprint density at radius 1 is 1.07 bits per heavy atom. The first-order valence-electron chi connectivity index (χ1n) is 8.38. The van der Waals surface area contributed by atoms with E-state index in [9.17, 15) is 23.3 Å². The van der Waals surface area contributed by atoms with Gasteiger partial charge in [0.2, 0.25) is 0 Å². The smallest absolute Gasteiger partial charge is 0.346 e. The van der Waals surface area contributed by atoms with Gasteiger partial charge in [-0.2, -0.15) is 13.5 Å². The molecule has 10 nitrogen and oxygen atoms in total. The van der Waals surface area contributed by atoms with Gasteiger partial charge in [-0.3, -0.25) is 19.9 Å². The minimum absolute atomic E-state index is 0.0360. The average Bonchev–Trinajstić information content (AvgIpc) is 2.75. The number of pyridine rings is 1. The number of rotatable bonds is 7. The molecule has 0 aliphatic rings. The number of hydrogen-bond acceptors (Lipinski definition) is 8. The Labute approximate surface area is 171 Å². The highest BCUT2D eigenvalue weighted by atomic mass is 32.2. The molecule has 3 aromatic rings. The summed E-state index contributed by atoms with van der Waals surface area (Å²) in [6.07, 6.45) is 4.32. The van der Waals surface area contributed by atoms with Crippen LogP contribution in [0.3, 0.4) is 0 Å². The number of hydrazone groups is 1. The predicted molar refractivity (Wildman–Crippen MR) is 107 cm³/mol. The van der Waals surface area contributed by atoms with Crippen molar-refractivity contribution in [3.63, 3.8) is 0 Å². The second-order valence-corrected chi connectivity index (χ2v) is 7.28. The molecule has 0 aliphatic heterocycles. The maximum absolute atomic E-state index is 12.4. The van der Waals surface area contributed by atoms with Crippen LogP contribution in [0.25, 0.3) is 0 Å². The molecule has 11 heteroatoms. The first-order chi connectivity index (χ1) is 14.4. The number of hydrogen-bond donors (Lipinski definition) is 1. The molecular weight excluding hydrogens is 412 g/mol. The summed E-state index contributed by atoms with van der Waals surface area (Å²) in [5, 5.41) is 14.9. The number of benzene rings is 2. The molecule has 0 radical (unpaired) electrons. The number of nitrogens with zero attached hydrogens (tertiary/aromatic N) is 3. The van der Waals surface area contributed by atoms with E-state index in [1.54, 1.807) is 0 Å². The van der Waals surface area contributed by atoms with Gasteiger partial charge in [-0.05, 0) is 48.0 Å². The van der Waals surface area contributed by atoms with Crippen molar-refractivity contribution in [2.24, 2.45) is 5.10 Å². The van der Waals surface area contributed by atoms with E-state index in [2.05, 4.69) is 15.5 Å². The van der Waals surface area contributed by atoms with Gasteiger partial charge in [-0.25, -0.2) is 5.43 Å². The highest BCUT2D eigenvalue weighted by Gasteiger charge is 2.27. The fraction of sp³-hybridized carbons (Fsp3) is 0. The zero-order chi connectivity index (χ0) is 21.6. The number of amides is 1. The lowest BCUT2D eigenvalue weighted by Gasteiger charge is -2.07. The standard InChI is InChI=1S/C19H14N4O6S/c24-19(15-9-11-20-12-10-15)22-21-13-14-5-7-16(8-6-14)29-30(27,28)18-4-2-1-3-17(18)23(25)26/h1-13H,(H,22,24)/b21-13-. The number of carbonyl (C=O) groups excluding carboxylic acids is 1. The van der Waals surface area contributed by atoms with Gasteiger partial charge in [-0.1, -0.05) is 12.1 Å². The summed E-state index contributed by atoms with van der Waals surface area (Å²) in [5.41, 5.74) is 2.72. The highest BCUT2D eigenvalue weighted by molar-refractivity contribution is 7.87. The summed E-state index contributed by atoms with van der Waals surface area (Å²) >= 11 is 0. The van der Waals surface area contributed by atoms with Crippen LogP contribution in [-0.2, 0) is 10.1 Å². The molecule has 3 rings (SSSR count). The minimum atomic E-state index is -4.40. The Balaban J connectivity index is 1.67. The molecule has 0 saturated carbocycles. The van der Waals surface area contributed by atoms with E-state index < -0.39 is 31.5 Å². The third-order valence-electron chi connectivity index (χ3n) is 3.74. The highest BCUT2D eigenvalue weighted by Crippen LogP contribution is 2.26. The molecule has 0 unspecified atom stereocenters.